The summed E-state index contributed by atoms with van der Waals surface area (Å²) in [6.45, 7) is 7.93. The zero-order chi connectivity index (χ0) is 24.4. The molecule has 0 spiro atoms. The third-order valence-corrected chi connectivity index (χ3v) is 7.86. The van der Waals surface area contributed by atoms with Gasteiger partial charge in [0.05, 0.1) is 26.1 Å². The number of nitrogens with one attached hydrogen (secondary N) is 2. The van der Waals surface area contributed by atoms with Crippen molar-refractivity contribution in [2.75, 3.05) is 10.6 Å². The van der Waals surface area contributed by atoms with Crippen LogP contribution < -0.4 is 10.6 Å². The lowest BCUT2D eigenvalue weighted by atomic mass is 10.1. The van der Waals surface area contributed by atoms with E-state index < -0.39 is 0 Å². The summed E-state index contributed by atoms with van der Waals surface area (Å²) in [6, 6.07) is 16.6. The van der Waals surface area contributed by atoms with E-state index in [2.05, 4.69) is 27.8 Å². The number of amides is 2. The molecule has 1 heterocycles. The zero-order valence-corrected chi connectivity index (χ0v) is 21.6. The molecule has 0 unspecified atom stereocenters. The number of carbonyl (C=O) groups excluding carboxylic acids is 2. The lowest BCUT2D eigenvalue weighted by Crippen LogP contribution is -2.23. The average Bonchev–Trinajstić information content (AvgIpc) is 3.17. The van der Waals surface area contributed by atoms with Crippen LogP contribution >= 0.6 is 34.7 Å². The minimum absolute atomic E-state index is 0.0630. The van der Waals surface area contributed by atoms with E-state index in [1.165, 1.54) is 28.7 Å². The molecule has 0 saturated carbocycles. The number of benzene rings is 3. The fourth-order valence-electron chi connectivity index (χ4n) is 3.68. The minimum Gasteiger partial charge on any atom is -0.325 e. The van der Waals surface area contributed by atoms with Crippen molar-refractivity contribution >= 4 is 68.1 Å². The summed E-state index contributed by atoms with van der Waals surface area (Å²) < 4.78 is 1.72. The molecule has 34 heavy (non-hydrogen) atoms. The molecule has 4 aromatic rings. The Hall–Kier alpha value is -2.87. The Kier molecular flexibility index (Phi) is 7.26. The van der Waals surface area contributed by atoms with Crippen molar-refractivity contribution in [2.24, 2.45) is 0 Å². The smallest absolute Gasteiger partial charge is 0.257 e. The number of thioether (sulfide) groups is 1. The number of carbonyl (C=O) groups is 2. The van der Waals surface area contributed by atoms with Crippen LogP contribution in [0.25, 0.3) is 10.2 Å². The number of hydrogen-bond donors (Lipinski definition) is 2. The molecule has 0 fully saturated rings. The number of rotatable bonds is 6. The summed E-state index contributed by atoms with van der Waals surface area (Å²) >= 11 is 9.04. The molecule has 0 aliphatic rings. The molecular weight excluding hydrogens is 486 g/mol. The average molecular weight is 510 g/mol. The maximum Gasteiger partial charge on any atom is 0.257 e. The summed E-state index contributed by atoms with van der Waals surface area (Å²) in [5, 5.41) is 6.04. The second-order valence-corrected chi connectivity index (χ2v) is 11.1. The largest absolute Gasteiger partial charge is 0.325 e. The quantitative estimate of drug-likeness (QED) is 0.268. The maximum absolute atomic E-state index is 12.8. The van der Waals surface area contributed by atoms with E-state index in [0.29, 0.717) is 16.3 Å². The molecular formula is C26H24ClN3O2S2. The molecule has 174 valence electrons. The number of anilines is 2. The lowest BCUT2D eigenvalue weighted by Gasteiger charge is -2.15. The summed E-state index contributed by atoms with van der Waals surface area (Å²) in [7, 11) is 0. The first-order valence-electron chi connectivity index (χ1n) is 10.7. The molecule has 2 N–H and O–H groups in total. The fourth-order valence-corrected chi connectivity index (χ4v) is 6.15. The highest BCUT2D eigenvalue weighted by Crippen LogP contribution is 2.34. The standard InChI is InChI=1S/C26H24ClN3O2S2/c1-14-11-15(2)23(16(3)12-14)30-24(31)17(4)33-26-29-21-10-9-18(13-22(21)34-26)28-25(32)19-7-5-6-8-20(19)27/h5-13,17H,1-4H3,(H,28,32)(H,30,31)/t17-/m1/s1. The van der Waals surface area contributed by atoms with Crippen LogP contribution in [0.15, 0.2) is 58.9 Å². The topological polar surface area (TPSA) is 71.1 Å². The van der Waals surface area contributed by atoms with Gasteiger partial charge in [-0.3, -0.25) is 9.59 Å². The Morgan fingerprint density at radius 3 is 2.41 bits per heavy atom. The van der Waals surface area contributed by atoms with Crippen molar-refractivity contribution < 1.29 is 9.59 Å². The van der Waals surface area contributed by atoms with Gasteiger partial charge in [0.2, 0.25) is 5.91 Å². The van der Waals surface area contributed by atoms with Crippen LogP contribution in [0.3, 0.4) is 0 Å². The van der Waals surface area contributed by atoms with Gasteiger partial charge in [-0.25, -0.2) is 4.98 Å². The predicted octanol–water partition coefficient (Wildman–Crippen LogP) is 7.25. The first-order chi connectivity index (χ1) is 16.2. The van der Waals surface area contributed by atoms with E-state index in [1.54, 1.807) is 24.3 Å². The van der Waals surface area contributed by atoms with Crippen LogP contribution in [0.1, 0.15) is 34.0 Å². The van der Waals surface area contributed by atoms with Crippen LogP contribution in [0.5, 0.6) is 0 Å². The third kappa shape index (κ3) is 5.43. The van der Waals surface area contributed by atoms with Crippen molar-refractivity contribution in [3.63, 3.8) is 0 Å². The summed E-state index contributed by atoms with van der Waals surface area (Å²) in [4.78, 5) is 30.1. The predicted molar refractivity (Wildman–Crippen MR) is 144 cm³/mol. The maximum atomic E-state index is 12.8. The van der Waals surface area contributed by atoms with E-state index in [4.69, 9.17) is 11.6 Å². The second kappa shape index (κ2) is 10.2. The van der Waals surface area contributed by atoms with E-state index in [9.17, 15) is 9.59 Å². The van der Waals surface area contributed by atoms with Crippen LogP contribution in [0, 0.1) is 20.8 Å². The van der Waals surface area contributed by atoms with Crippen molar-refractivity contribution in [2.45, 2.75) is 37.3 Å². The number of thiazole rings is 1. The summed E-state index contributed by atoms with van der Waals surface area (Å²) in [5.74, 6) is -0.331. The van der Waals surface area contributed by atoms with Gasteiger partial charge >= 0.3 is 0 Å². The van der Waals surface area contributed by atoms with Crippen LogP contribution in [0.4, 0.5) is 11.4 Å². The number of fused-ring (bicyclic) bond motifs is 1. The van der Waals surface area contributed by atoms with Gasteiger partial charge in [0.1, 0.15) is 0 Å². The SMILES string of the molecule is Cc1cc(C)c(NC(=O)[C@@H](C)Sc2nc3ccc(NC(=O)c4ccccc4Cl)cc3s2)c(C)c1. The van der Waals surface area contributed by atoms with Crippen LogP contribution in [0.2, 0.25) is 5.02 Å². The molecule has 5 nitrogen and oxygen atoms in total. The Morgan fingerprint density at radius 1 is 1.00 bits per heavy atom. The van der Waals surface area contributed by atoms with Crippen LogP contribution in [-0.4, -0.2) is 22.0 Å². The van der Waals surface area contributed by atoms with Crippen molar-refractivity contribution in [3.05, 3.63) is 81.9 Å². The van der Waals surface area contributed by atoms with Gasteiger partial charge in [-0.2, -0.15) is 0 Å². The summed E-state index contributed by atoms with van der Waals surface area (Å²) in [5.41, 5.74) is 6.04. The molecule has 2 amide bonds. The monoisotopic (exact) mass is 509 g/mol. The molecule has 0 bridgehead atoms. The molecule has 4 rings (SSSR count). The van der Waals surface area contributed by atoms with Gasteiger partial charge in [0.15, 0.2) is 4.34 Å². The normalized spacial score (nSPS) is 11.9. The highest BCUT2D eigenvalue weighted by molar-refractivity contribution is 8.02. The van der Waals surface area contributed by atoms with Crippen molar-refractivity contribution in [3.8, 4) is 0 Å². The van der Waals surface area contributed by atoms with E-state index in [-0.39, 0.29) is 17.1 Å². The van der Waals surface area contributed by atoms with Gasteiger partial charge < -0.3 is 10.6 Å². The number of aryl methyl sites for hydroxylation is 3. The van der Waals surface area contributed by atoms with Crippen molar-refractivity contribution in [1.29, 1.82) is 0 Å². The molecule has 0 saturated heterocycles. The Balaban J connectivity index is 1.45. The van der Waals surface area contributed by atoms with E-state index in [0.717, 1.165) is 31.4 Å². The van der Waals surface area contributed by atoms with E-state index in [1.807, 2.05) is 45.9 Å². The molecule has 0 aliphatic carbocycles. The van der Waals surface area contributed by atoms with E-state index >= 15 is 0 Å². The molecule has 0 aliphatic heterocycles. The van der Waals surface area contributed by atoms with Gasteiger partial charge in [-0.15, -0.1) is 11.3 Å². The number of nitrogens with zero attached hydrogens (tertiary/aromatic N) is 1. The molecule has 8 heteroatoms. The van der Waals surface area contributed by atoms with Gasteiger partial charge in [-0.05, 0) is 69.2 Å². The fraction of sp³-hybridized carbons (Fsp3) is 0.192. The highest BCUT2D eigenvalue weighted by atomic mass is 35.5. The highest BCUT2D eigenvalue weighted by Gasteiger charge is 2.19. The first-order valence-corrected chi connectivity index (χ1v) is 12.8. The van der Waals surface area contributed by atoms with Gasteiger partial charge in [0, 0.05) is 11.4 Å². The first kappa shape index (κ1) is 24.3. The molecule has 3 aromatic carbocycles. The zero-order valence-electron chi connectivity index (χ0n) is 19.2. The Labute approximate surface area is 211 Å². The number of halogens is 1. The van der Waals surface area contributed by atoms with Crippen molar-refractivity contribution in [1.82, 2.24) is 4.98 Å². The summed E-state index contributed by atoms with van der Waals surface area (Å²) in [6.07, 6.45) is 0. The minimum atomic E-state index is -0.319. The number of aromatic nitrogens is 1. The Morgan fingerprint density at radius 2 is 1.71 bits per heavy atom. The molecule has 1 atom stereocenters. The lowest BCUT2D eigenvalue weighted by molar-refractivity contribution is -0.115. The van der Waals surface area contributed by atoms with Gasteiger partial charge in [0.25, 0.3) is 5.91 Å². The Bertz CT molecular complexity index is 1380. The number of hydrogen-bond acceptors (Lipinski definition) is 5. The van der Waals surface area contributed by atoms with Crippen LogP contribution in [-0.2, 0) is 4.79 Å². The molecule has 1 aromatic heterocycles. The third-order valence-electron chi connectivity index (χ3n) is 5.32. The second-order valence-electron chi connectivity index (χ2n) is 8.12. The van der Waals surface area contributed by atoms with Gasteiger partial charge in [-0.1, -0.05) is 53.2 Å². The molecule has 0 radical (unpaired) electrons.